The minimum atomic E-state index is -0.871. The molecule has 0 saturated heterocycles. The fraction of sp³-hybridized carbons (Fsp3) is 0.0952. The van der Waals surface area contributed by atoms with Gasteiger partial charge in [0, 0.05) is 0 Å². The number of amides is 1. The summed E-state index contributed by atoms with van der Waals surface area (Å²) in [6.45, 7) is 1.90. The first-order chi connectivity index (χ1) is 14.4. The van der Waals surface area contributed by atoms with E-state index in [-0.39, 0.29) is 6.10 Å². The fourth-order valence-electron chi connectivity index (χ4n) is 2.92. The number of nitrogens with two attached hydrogens (primary N) is 1. The Balaban J connectivity index is 1.62. The van der Waals surface area contributed by atoms with E-state index in [0.717, 1.165) is 15.8 Å². The molecule has 9 heteroatoms. The number of hydrogen-bond donors (Lipinski definition) is 1. The zero-order chi connectivity index (χ0) is 21.3. The molecule has 2 aromatic heterocycles. The van der Waals surface area contributed by atoms with Crippen molar-refractivity contribution in [3.05, 3.63) is 70.5 Å². The van der Waals surface area contributed by atoms with Gasteiger partial charge < -0.3 is 15.2 Å². The highest BCUT2D eigenvalue weighted by Gasteiger charge is 2.15. The van der Waals surface area contributed by atoms with Crippen molar-refractivity contribution in [1.29, 1.82) is 0 Å². The van der Waals surface area contributed by atoms with Crippen LogP contribution in [0.5, 0.6) is 11.5 Å². The van der Waals surface area contributed by atoms with Gasteiger partial charge in [-0.1, -0.05) is 35.3 Å². The molecule has 4 aromatic rings. The molecule has 4 rings (SSSR count). The number of ether oxygens (including phenoxy) is 2. The molecule has 6 nitrogen and oxygen atoms in total. The van der Waals surface area contributed by atoms with Crippen molar-refractivity contribution in [2.45, 2.75) is 13.0 Å². The van der Waals surface area contributed by atoms with Gasteiger partial charge >= 0.3 is 6.09 Å². The van der Waals surface area contributed by atoms with Gasteiger partial charge in [0.2, 0.25) is 0 Å². The highest BCUT2D eigenvalue weighted by Crippen LogP contribution is 2.37. The standard InChI is InChI=1S/C21H15Cl2N3O3S/c1-11(12-8-18(22)26-19(23)9-12)28-13-6-7-15-17(10-13)30-20(25-15)14-4-2-3-5-16(14)29-21(24)27/h2-11H,1H3,(H2,24,27). The Labute approximate surface area is 186 Å². The third-order valence-electron chi connectivity index (χ3n) is 4.26. The Kier molecular flexibility index (Phi) is 5.76. The number of hydrogen-bond acceptors (Lipinski definition) is 6. The molecule has 0 radical (unpaired) electrons. The molecule has 0 bridgehead atoms. The van der Waals surface area contributed by atoms with Crippen LogP contribution in [0, 0.1) is 0 Å². The maximum absolute atomic E-state index is 11.2. The molecule has 30 heavy (non-hydrogen) atoms. The molecule has 152 valence electrons. The van der Waals surface area contributed by atoms with Crippen molar-refractivity contribution in [2.24, 2.45) is 5.73 Å². The van der Waals surface area contributed by atoms with Crippen molar-refractivity contribution in [2.75, 3.05) is 0 Å². The van der Waals surface area contributed by atoms with Crippen LogP contribution in [0.3, 0.4) is 0 Å². The first-order valence-corrected chi connectivity index (χ1v) is 10.4. The van der Waals surface area contributed by atoms with Crippen LogP contribution < -0.4 is 15.2 Å². The molecule has 1 unspecified atom stereocenters. The molecule has 2 heterocycles. The Morgan fingerprint density at radius 1 is 1.07 bits per heavy atom. The first-order valence-electron chi connectivity index (χ1n) is 8.86. The molecule has 1 atom stereocenters. The van der Waals surface area contributed by atoms with Gasteiger partial charge in [0.25, 0.3) is 0 Å². The van der Waals surface area contributed by atoms with E-state index in [9.17, 15) is 4.79 Å². The molecular formula is C21H15Cl2N3O3S. The summed E-state index contributed by atoms with van der Waals surface area (Å²) in [6, 6.07) is 16.2. The van der Waals surface area contributed by atoms with Crippen molar-refractivity contribution in [3.8, 4) is 22.1 Å². The van der Waals surface area contributed by atoms with Crippen molar-refractivity contribution in [3.63, 3.8) is 0 Å². The van der Waals surface area contributed by atoms with Gasteiger partial charge in [-0.05, 0) is 55.0 Å². The number of rotatable bonds is 5. The van der Waals surface area contributed by atoms with Crippen molar-refractivity contribution < 1.29 is 14.3 Å². The number of carbonyl (C=O) groups is 1. The van der Waals surface area contributed by atoms with Gasteiger partial charge in [-0.25, -0.2) is 14.8 Å². The number of thiazole rings is 1. The molecule has 2 N–H and O–H groups in total. The van der Waals surface area contributed by atoms with E-state index in [2.05, 4.69) is 9.97 Å². The number of halogens is 2. The quantitative estimate of drug-likeness (QED) is 0.355. The van der Waals surface area contributed by atoms with Crippen LogP contribution in [0.25, 0.3) is 20.8 Å². The summed E-state index contributed by atoms with van der Waals surface area (Å²) in [7, 11) is 0. The van der Waals surface area contributed by atoms with Crippen molar-refractivity contribution >= 4 is 50.8 Å². The average molecular weight is 460 g/mol. The van der Waals surface area contributed by atoms with Crippen LogP contribution in [0.2, 0.25) is 10.3 Å². The lowest BCUT2D eigenvalue weighted by Gasteiger charge is -2.15. The summed E-state index contributed by atoms with van der Waals surface area (Å²) >= 11 is 13.4. The second-order valence-corrected chi connectivity index (χ2v) is 8.18. The van der Waals surface area contributed by atoms with Crippen molar-refractivity contribution in [1.82, 2.24) is 9.97 Å². The number of pyridine rings is 1. The van der Waals surface area contributed by atoms with Crippen LogP contribution >= 0.6 is 34.5 Å². The zero-order valence-corrected chi connectivity index (χ0v) is 18.0. The smallest absolute Gasteiger partial charge is 0.409 e. The third-order valence-corrected chi connectivity index (χ3v) is 5.69. The van der Waals surface area contributed by atoms with Crippen LogP contribution in [-0.2, 0) is 0 Å². The number of nitrogens with zero attached hydrogens (tertiary/aromatic N) is 2. The number of para-hydroxylation sites is 1. The Morgan fingerprint density at radius 2 is 1.80 bits per heavy atom. The summed E-state index contributed by atoms with van der Waals surface area (Å²) < 4.78 is 12.1. The second-order valence-electron chi connectivity index (χ2n) is 6.37. The van der Waals surface area contributed by atoms with Crippen LogP contribution in [0.15, 0.2) is 54.6 Å². The molecule has 0 spiro atoms. The lowest BCUT2D eigenvalue weighted by Crippen LogP contribution is -2.16. The summed E-state index contributed by atoms with van der Waals surface area (Å²) in [6.07, 6.45) is -1.15. The van der Waals surface area contributed by atoms with Gasteiger partial charge in [-0.15, -0.1) is 11.3 Å². The Bertz CT molecular complexity index is 1230. The van der Waals surface area contributed by atoms with E-state index in [0.29, 0.717) is 32.4 Å². The molecule has 0 aliphatic rings. The molecule has 1 amide bonds. The molecule has 0 aliphatic carbocycles. The van der Waals surface area contributed by atoms with Gasteiger partial charge in [0.15, 0.2) is 0 Å². The normalized spacial score (nSPS) is 12.0. The Morgan fingerprint density at radius 3 is 2.53 bits per heavy atom. The van der Waals surface area contributed by atoms with E-state index < -0.39 is 6.09 Å². The summed E-state index contributed by atoms with van der Waals surface area (Å²) in [4.78, 5) is 19.8. The second kappa shape index (κ2) is 8.47. The predicted octanol–water partition coefficient (Wildman–Crippen LogP) is 6.26. The van der Waals surface area contributed by atoms with Crippen LogP contribution in [0.4, 0.5) is 4.79 Å². The number of benzene rings is 2. The number of carbonyl (C=O) groups excluding carboxylic acids is 1. The average Bonchev–Trinajstić information content (AvgIpc) is 3.10. The maximum Gasteiger partial charge on any atom is 0.409 e. The SMILES string of the molecule is CC(Oc1ccc2nc(-c3ccccc3OC(N)=O)sc2c1)c1cc(Cl)nc(Cl)c1. The van der Waals surface area contributed by atoms with E-state index in [1.165, 1.54) is 11.3 Å². The maximum atomic E-state index is 11.2. The van der Waals surface area contributed by atoms with Gasteiger partial charge in [0.1, 0.15) is 32.9 Å². The van der Waals surface area contributed by atoms with E-state index in [1.54, 1.807) is 24.3 Å². The van der Waals surface area contributed by atoms with Crippen LogP contribution in [0.1, 0.15) is 18.6 Å². The van der Waals surface area contributed by atoms with Gasteiger partial charge in [-0.3, -0.25) is 0 Å². The Hall–Kier alpha value is -2.87. The van der Waals surface area contributed by atoms with E-state index in [1.807, 2.05) is 37.3 Å². The highest BCUT2D eigenvalue weighted by molar-refractivity contribution is 7.21. The highest BCUT2D eigenvalue weighted by atomic mass is 35.5. The number of fused-ring (bicyclic) bond motifs is 1. The minimum Gasteiger partial charge on any atom is -0.486 e. The van der Waals surface area contributed by atoms with Gasteiger partial charge in [0.05, 0.1) is 15.8 Å². The lowest BCUT2D eigenvalue weighted by molar-refractivity contribution is 0.211. The topological polar surface area (TPSA) is 87.3 Å². The predicted molar refractivity (Wildman–Crippen MR) is 119 cm³/mol. The molecular weight excluding hydrogens is 445 g/mol. The molecule has 0 aliphatic heterocycles. The first kappa shape index (κ1) is 20.4. The largest absolute Gasteiger partial charge is 0.486 e. The number of primary amides is 1. The van der Waals surface area contributed by atoms with E-state index in [4.69, 9.17) is 38.4 Å². The summed E-state index contributed by atoms with van der Waals surface area (Å²) in [5.41, 5.74) is 7.48. The zero-order valence-electron chi connectivity index (χ0n) is 15.6. The molecule has 2 aromatic carbocycles. The lowest BCUT2D eigenvalue weighted by atomic mass is 10.2. The fourth-order valence-corrected chi connectivity index (χ4v) is 4.43. The van der Waals surface area contributed by atoms with Gasteiger partial charge in [-0.2, -0.15) is 0 Å². The molecule has 0 fully saturated rings. The summed E-state index contributed by atoms with van der Waals surface area (Å²) in [5, 5.41) is 1.33. The van der Waals surface area contributed by atoms with Crippen LogP contribution in [-0.4, -0.2) is 16.1 Å². The van der Waals surface area contributed by atoms with E-state index >= 15 is 0 Å². The third kappa shape index (κ3) is 4.48. The minimum absolute atomic E-state index is 0.280. The molecule has 0 saturated carbocycles. The number of aromatic nitrogens is 2. The summed E-state index contributed by atoms with van der Waals surface area (Å²) in [5.74, 6) is 1.04. The monoisotopic (exact) mass is 459 g/mol.